The van der Waals surface area contributed by atoms with Gasteiger partial charge in [0.05, 0.1) is 11.3 Å². The van der Waals surface area contributed by atoms with Gasteiger partial charge < -0.3 is 15.3 Å². The topological polar surface area (TPSA) is 69.6 Å². The van der Waals surface area contributed by atoms with Crippen molar-refractivity contribution in [3.05, 3.63) is 29.8 Å². The SMILES string of the molecule is CC(CCO)NC(=O)c1ccccc1N(C)C(=O)C1CC1. The first-order valence-corrected chi connectivity index (χ1v) is 7.33. The van der Waals surface area contributed by atoms with E-state index in [2.05, 4.69) is 5.32 Å². The summed E-state index contributed by atoms with van der Waals surface area (Å²) >= 11 is 0. The van der Waals surface area contributed by atoms with Gasteiger partial charge in [-0.1, -0.05) is 12.1 Å². The molecular weight excluding hydrogens is 268 g/mol. The van der Waals surface area contributed by atoms with Crippen molar-refractivity contribution < 1.29 is 14.7 Å². The average Bonchev–Trinajstić information content (AvgIpc) is 3.30. The lowest BCUT2D eigenvalue weighted by Gasteiger charge is -2.21. The monoisotopic (exact) mass is 290 g/mol. The van der Waals surface area contributed by atoms with E-state index in [9.17, 15) is 9.59 Å². The van der Waals surface area contributed by atoms with Crippen LogP contribution in [-0.2, 0) is 4.79 Å². The molecule has 0 saturated heterocycles. The Hall–Kier alpha value is -1.88. The summed E-state index contributed by atoms with van der Waals surface area (Å²) in [5, 5.41) is 11.7. The minimum Gasteiger partial charge on any atom is -0.396 e. The lowest BCUT2D eigenvalue weighted by Crippen LogP contribution is -2.35. The Morgan fingerprint density at radius 3 is 2.67 bits per heavy atom. The van der Waals surface area contributed by atoms with Gasteiger partial charge in [0.2, 0.25) is 5.91 Å². The van der Waals surface area contributed by atoms with Crippen molar-refractivity contribution in [3.63, 3.8) is 0 Å². The van der Waals surface area contributed by atoms with E-state index >= 15 is 0 Å². The van der Waals surface area contributed by atoms with E-state index in [1.165, 1.54) is 0 Å². The number of hydrogen-bond acceptors (Lipinski definition) is 3. The molecule has 0 bridgehead atoms. The summed E-state index contributed by atoms with van der Waals surface area (Å²) < 4.78 is 0. The normalized spacial score (nSPS) is 15.4. The van der Waals surface area contributed by atoms with Gasteiger partial charge >= 0.3 is 0 Å². The summed E-state index contributed by atoms with van der Waals surface area (Å²) in [7, 11) is 1.71. The van der Waals surface area contributed by atoms with Crippen LogP contribution < -0.4 is 10.2 Å². The van der Waals surface area contributed by atoms with E-state index in [-0.39, 0.29) is 30.4 Å². The fourth-order valence-electron chi connectivity index (χ4n) is 2.25. The second-order valence-electron chi connectivity index (χ2n) is 5.58. The van der Waals surface area contributed by atoms with Crippen LogP contribution in [0.25, 0.3) is 0 Å². The molecule has 1 atom stereocenters. The second kappa shape index (κ2) is 6.72. The van der Waals surface area contributed by atoms with E-state index in [1.807, 2.05) is 13.0 Å². The average molecular weight is 290 g/mol. The highest BCUT2D eigenvalue weighted by atomic mass is 16.3. The molecule has 1 fully saturated rings. The molecule has 2 N–H and O–H groups in total. The van der Waals surface area contributed by atoms with E-state index < -0.39 is 0 Å². The molecule has 21 heavy (non-hydrogen) atoms. The largest absolute Gasteiger partial charge is 0.396 e. The van der Waals surface area contributed by atoms with Crippen LogP contribution in [0.2, 0.25) is 0 Å². The van der Waals surface area contributed by atoms with Gasteiger partial charge in [-0.25, -0.2) is 0 Å². The molecule has 2 rings (SSSR count). The molecular formula is C16H22N2O3. The summed E-state index contributed by atoms with van der Waals surface area (Å²) in [6, 6.07) is 6.99. The third-order valence-corrected chi connectivity index (χ3v) is 3.71. The third-order valence-electron chi connectivity index (χ3n) is 3.71. The molecule has 1 aromatic carbocycles. The number of carbonyl (C=O) groups is 2. The molecule has 2 amide bonds. The first-order valence-electron chi connectivity index (χ1n) is 7.33. The summed E-state index contributed by atoms with van der Waals surface area (Å²) in [6.07, 6.45) is 2.38. The quantitative estimate of drug-likeness (QED) is 0.835. The summed E-state index contributed by atoms with van der Waals surface area (Å²) in [6.45, 7) is 1.87. The number of hydrogen-bond donors (Lipinski definition) is 2. The third kappa shape index (κ3) is 3.82. The number of rotatable bonds is 6. The highest BCUT2D eigenvalue weighted by molar-refractivity contribution is 6.05. The standard InChI is InChI=1S/C16H22N2O3/c1-11(9-10-19)17-15(20)13-5-3-4-6-14(13)18(2)16(21)12-7-8-12/h3-6,11-12,19H,7-10H2,1-2H3,(H,17,20). The zero-order valence-electron chi connectivity index (χ0n) is 12.5. The first-order chi connectivity index (χ1) is 10.0. The van der Waals surface area contributed by atoms with Gasteiger partial charge in [0.15, 0.2) is 0 Å². The maximum absolute atomic E-state index is 12.3. The van der Waals surface area contributed by atoms with Crippen LogP contribution in [0.4, 0.5) is 5.69 Å². The van der Waals surface area contributed by atoms with Crippen LogP contribution in [0.5, 0.6) is 0 Å². The van der Waals surface area contributed by atoms with Crippen molar-refractivity contribution >= 4 is 17.5 Å². The molecule has 0 radical (unpaired) electrons. The number of anilines is 1. The Balaban J connectivity index is 2.15. The van der Waals surface area contributed by atoms with Crippen molar-refractivity contribution in [2.75, 3.05) is 18.6 Å². The Morgan fingerprint density at radius 2 is 2.05 bits per heavy atom. The number of benzene rings is 1. The highest BCUT2D eigenvalue weighted by Gasteiger charge is 2.33. The van der Waals surface area contributed by atoms with Crippen LogP contribution in [0, 0.1) is 5.92 Å². The van der Waals surface area contributed by atoms with Gasteiger partial charge in [-0.15, -0.1) is 0 Å². The highest BCUT2D eigenvalue weighted by Crippen LogP contribution is 2.33. The van der Waals surface area contributed by atoms with Gasteiger partial charge in [0.25, 0.3) is 5.91 Å². The molecule has 0 heterocycles. The fraction of sp³-hybridized carbons (Fsp3) is 0.500. The van der Waals surface area contributed by atoms with E-state index in [1.54, 1.807) is 30.1 Å². The predicted molar refractivity (Wildman–Crippen MR) is 81.2 cm³/mol. The maximum Gasteiger partial charge on any atom is 0.253 e. The number of carbonyl (C=O) groups excluding carboxylic acids is 2. The van der Waals surface area contributed by atoms with Gasteiger partial charge in [-0.2, -0.15) is 0 Å². The zero-order chi connectivity index (χ0) is 15.4. The minimum absolute atomic E-state index is 0.0309. The Labute approximate surface area is 125 Å². The Kier molecular flexibility index (Phi) is 4.96. The Morgan fingerprint density at radius 1 is 1.38 bits per heavy atom. The van der Waals surface area contributed by atoms with Gasteiger partial charge in [-0.05, 0) is 38.3 Å². The van der Waals surface area contributed by atoms with E-state index in [4.69, 9.17) is 5.11 Å². The van der Waals surface area contributed by atoms with Crippen molar-refractivity contribution in [1.29, 1.82) is 0 Å². The van der Waals surface area contributed by atoms with E-state index in [0.717, 1.165) is 12.8 Å². The van der Waals surface area contributed by atoms with Crippen molar-refractivity contribution in [2.24, 2.45) is 5.92 Å². The van der Waals surface area contributed by atoms with E-state index in [0.29, 0.717) is 17.7 Å². The van der Waals surface area contributed by atoms with Gasteiger partial charge in [0, 0.05) is 25.6 Å². The maximum atomic E-state index is 12.3. The smallest absolute Gasteiger partial charge is 0.253 e. The number of nitrogens with zero attached hydrogens (tertiary/aromatic N) is 1. The summed E-state index contributed by atoms with van der Waals surface area (Å²) in [4.78, 5) is 26.1. The first kappa shape index (κ1) is 15.5. The zero-order valence-corrected chi connectivity index (χ0v) is 12.5. The fourth-order valence-corrected chi connectivity index (χ4v) is 2.25. The number of aliphatic hydroxyl groups excluding tert-OH is 1. The van der Waals surface area contributed by atoms with Crippen molar-refractivity contribution in [3.8, 4) is 0 Å². The minimum atomic E-state index is -0.220. The molecule has 5 nitrogen and oxygen atoms in total. The van der Waals surface area contributed by atoms with Crippen molar-refractivity contribution in [1.82, 2.24) is 5.32 Å². The molecule has 1 aromatic rings. The molecule has 0 aromatic heterocycles. The Bertz CT molecular complexity index is 526. The van der Waals surface area contributed by atoms with Crippen LogP contribution in [0.3, 0.4) is 0 Å². The number of nitrogens with one attached hydrogen (secondary N) is 1. The molecule has 1 unspecified atom stereocenters. The number of para-hydroxylation sites is 1. The molecule has 0 aliphatic heterocycles. The molecule has 1 saturated carbocycles. The van der Waals surface area contributed by atoms with Crippen LogP contribution in [-0.4, -0.2) is 36.6 Å². The lowest BCUT2D eigenvalue weighted by atomic mass is 10.1. The lowest BCUT2D eigenvalue weighted by molar-refractivity contribution is -0.119. The van der Waals surface area contributed by atoms with Crippen LogP contribution in [0.1, 0.15) is 36.5 Å². The summed E-state index contributed by atoms with van der Waals surface area (Å²) in [5.41, 5.74) is 1.11. The van der Waals surface area contributed by atoms with Crippen LogP contribution in [0.15, 0.2) is 24.3 Å². The number of aliphatic hydroxyl groups is 1. The molecule has 5 heteroatoms. The van der Waals surface area contributed by atoms with Gasteiger partial charge in [-0.3, -0.25) is 9.59 Å². The van der Waals surface area contributed by atoms with Gasteiger partial charge in [0.1, 0.15) is 0 Å². The predicted octanol–water partition coefficient (Wildman–Crippen LogP) is 1.56. The van der Waals surface area contributed by atoms with Crippen LogP contribution >= 0.6 is 0 Å². The number of amides is 2. The molecule has 114 valence electrons. The van der Waals surface area contributed by atoms with Crippen molar-refractivity contribution in [2.45, 2.75) is 32.2 Å². The second-order valence-corrected chi connectivity index (χ2v) is 5.58. The molecule has 1 aliphatic carbocycles. The molecule has 0 spiro atoms. The molecule has 1 aliphatic rings. The summed E-state index contributed by atoms with van der Waals surface area (Å²) in [5.74, 6) is -0.0416.